The van der Waals surface area contributed by atoms with E-state index < -0.39 is 10.9 Å². The van der Waals surface area contributed by atoms with Gasteiger partial charge < -0.3 is 9.47 Å². The van der Waals surface area contributed by atoms with Crippen LogP contribution in [0.25, 0.3) is 6.08 Å². The molecule has 0 spiro atoms. The van der Waals surface area contributed by atoms with E-state index in [0.717, 1.165) is 25.7 Å². The standard InChI is InChI=1S/C19H24N2O5/c1-3-5-6-7-8-11-26-18-10-9-15(13-17(18)21(23)24)12-16(14-20)19(22)25-4-2/h9-10,12-13H,3-8,11H2,1-2H3/b16-12+. The number of nitro groups is 1. The third-order valence-corrected chi connectivity index (χ3v) is 3.61. The Morgan fingerprint density at radius 1 is 1.27 bits per heavy atom. The molecule has 0 saturated carbocycles. The number of nitrogens with zero attached hydrogens (tertiary/aromatic N) is 2. The zero-order valence-corrected chi connectivity index (χ0v) is 15.2. The summed E-state index contributed by atoms with van der Waals surface area (Å²) in [6, 6.07) is 6.07. The summed E-state index contributed by atoms with van der Waals surface area (Å²) in [5.74, 6) is -0.581. The zero-order chi connectivity index (χ0) is 19.4. The van der Waals surface area contributed by atoms with Crippen LogP contribution in [0.2, 0.25) is 0 Å². The van der Waals surface area contributed by atoms with Gasteiger partial charge in [0.25, 0.3) is 0 Å². The molecule has 7 heteroatoms. The van der Waals surface area contributed by atoms with E-state index in [1.54, 1.807) is 19.1 Å². The molecule has 0 unspecified atom stereocenters. The molecule has 0 aliphatic rings. The first-order chi connectivity index (χ1) is 12.5. The Bertz CT molecular complexity index is 692. The normalized spacial score (nSPS) is 10.9. The molecule has 0 saturated heterocycles. The van der Waals surface area contributed by atoms with Crippen LogP contribution in [0.4, 0.5) is 5.69 Å². The number of benzene rings is 1. The van der Waals surface area contributed by atoms with Crippen molar-refractivity contribution in [2.24, 2.45) is 0 Å². The topological polar surface area (TPSA) is 102 Å². The highest BCUT2D eigenvalue weighted by atomic mass is 16.6. The summed E-state index contributed by atoms with van der Waals surface area (Å²) in [6.07, 6.45) is 6.56. The van der Waals surface area contributed by atoms with E-state index in [9.17, 15) is 14.9 Å². The van der Waals surface area contributed by atoms with Crippen LogP contribution in [0.3, 0.4) is 0 Å². The van der Waals surface area contributed by atoms with Gasteiger partial charge in [-0.3, -0.25) is 10.1 Å². The quantitative estimate of drug-likeness (QED) is 0.145. The number of esters is 1. The molecule has 1 aromatic carbocycles. The number of nitro benzene ring substituents is 1. The maximum absolute atomic E-state index is 11.6. The Morgan fingerprint density at radius 2 is 2.00 bits per heavy atom. The summed E-state index contributed by atoms with van der Waals surface area (Å²) in [5, 5.41) is 20.3. The van der Waals surface area contributed by atoms with Gasteiger partial charge in [0.05, 0.1) is 18.1 Å². The van der Waals surface area contributed by atoms with Gasteiger partial charge in [0.2, 0.25) is 0 Å². The van der Waals surface area contributed by atoms with Crippen molar-refractivity contribution in [3.8, 4) is 11.8 Å². The molecule has 1 aromatic rings. The molecule has 0 N–H and O–H groups in total. The van der Waals surface area contributed by atoms with Crippen LogP contribution in [0, 0.1) is 21.4 Å². The van der Waals surface area contributed by atoms with Crippen molar-refractivity contribution in [2.75, 3.05) is 13.2 Å². The van der Waals surface area contributed by atoms with Crippen LogP contribution in [0.1, 0.15) is 51.5 Å². The molecular formula is C19H24N2O5. The third kappa shape index (κ3) is 6.93. The minimum absolute atomic E-state index is 0.142. The van der Waals surface area contributed by atoms with Crippen molar-refractivity contribution in [3.05, 3.63) is 39.4 Å². The first kappa shape index (κ1) is 21.2. The van der Waals surface area contributed by atoms with Crippen molar-refractivity contribution in [3.63, 3.8) is 0 Å². The number of ether oxygens (including phenoxy) is 2. The third-order valence-electron chi connectivity index (χ3n) is 3.61. The highest BCUT2D eigenvalue weighted by Gasteiger charge is 2.17. The molecule has 140 valence electrons. The number of carbonyl (C=O) groups is 1. The molecule has 0 atom stereocenters. The van der Waals surface area contributed by atoms with Gasteiger partial charge in [0.15, 0.2) is 5.75 Å². The highest BCUT2D eigenvalue weighted by Crippen LogP contribution is 2.29. The van der Waals surface area contributed by atoms with Crippen LogP contribution in [-0.2, 0) is 9.53 Å². The van der Waals surface area contributed by atoms with Gasteiger partial charge in [-0.15, -0.1) is 0 Å². The summed E-state index contributed by atoms with van der Waals surface area (Å²) in [7, 11) is 0. The Kier molecular flexibility index (Phi) is 9.47. The molecule has 1 rings (SSSR count). The number of nitriles is 1. The predicted octanol–water partition coefficient (Wildman–Crippen LogP) is 4.41. The van der Waals surface area contributed by atoms with E-state index in [1.165, 1.54) is 24.6 Å². The summed E-state index contributed by atoms with van der Waals surface area (Å²) < 4.78 is 10.3. The molecule has 7 nitrogen and oxygen atoms in total. The predicted molar refractivity (Wildman–Crippen MR) is 97.6 cm³/mol. The van der Waals surface area contributed by atoms with E-state index in [0.29, 0.717) is 12.2 Å². The number of rotatable bonds is 11. The lowest BCUT2D eigenvalue weighted by atomic mass is 10.1. The Hall–Kier alpha value is -2.88. The van der Waals surface area contributed by atoms with Gasteiger partial charge in [0, 0.05) is 6.07 Å². The van der Waals surface area contributed by atoms with Crippen molar-refractivity contribution in [1.29, 1.82) is 5.26 Å². The molecule has 0 aliphatic heterocycles. The fourth-order valence-electron chi connectivity index (χ4n) is 2.29. The van der Waals surface area contributed by atoms with Crippen molar-refractivity contribution in [1.82, 2.24) is 0 Å². The second-order valence-electron chi connectivity index (χ2n) is 5.64. The lowest BCUT2D eigenvalue weighted by Gasteiger charge is -2.07. The van der Waals surface area contributed by atoms with E-state index in [-0.39, 0.29) is 23.6 Å². The lowest BCUT2D eigenvalue weighted by molar-refractivity contribution is -0.385. The number of unbranched alkanes of at least 4 members (excludes halogenated alkanes) is 4. The van der Waals surface area contributed by atoms with Crippen LogP contribution in [0.15, 0.2) is 23.8 Å². The van der Waals surface area contributed by atoms with Crippen LogP contribution in [-0.4, -0.2) is 24.1 Å². The van der Waals surface area contributed by atoms with Crippen molar-refractivity contribution < 1.29 is 19.2 Å². The van der Waals surface area contributed by atoms with Gasteiger partial charge in [0.1, 0.15) is 11.6 Å². The van der Waals surface area contributed by atoms with Gasteiger partial charge in [-0.05, 0) is 31.1 Å². The average molecular weight is 360 g/mol. The zero-order valence-electron chi connectivity index (χ0n) is 15.2. The molecule has 0 amide bonds. The molecular weight excluding hydrogens is 336 g/mol. The van der Waals surface area contributed by atoms with Gasteiger partial charge >= 0.3 is 11.7 Å². The Balaban J connectivity index is 2.86. The minimum atomic E-state index is -0.759. The second-order valence-corrected chi connectivity index (χ2v) is 5.64. The Labute approximate surface area is 153 Å². The van der Waals surface area contributed by atoms with E-state index in [2.05, 4.69) is 6.92 Å². The molecule has 0 radical (unpaired) electrons. The molecule has 0 fully saturated rings. The maximum Gasteiger partial charge on any atom is 0.348 e. The summed E-state index contributed by atoms with van der Waals surface area (Å²) in [4.78, 5) is 22.4. The fraction of sp³-hybridized carbons (Fsp3) is 0.474. The lowest BCUT2D eigenvalue weighted by Crippen LogP contribution is -2.06. The number of hydrogen-bond donors (Lipinski definition) is 0. The fourth-order valence-corrected chi connectivity index (χ4v) is 2.29. The van der Waals surface area contributed by atoms with Gasteiger partial charge in [-0.1, -0.05) is 38.7 Å². The van der Waals surface area contributed by atoms with Crippen LogP contribution < -0.4 is 4.74 Å². The molecule has 0 aliphatic carbocycles. The van der Waals surface area contributed by atoms with Crippen LogP contribution in [0.5, 0.6) is 5.75 Å². The largest absolute Gasteiger partial charge is 0.487 e. The minimum Gasteiger partial charge on any atom is -0.487 e. The Morgan fingerprint density at radius 3 is 2.62 bits per heavy atom. The molecule has 0 heterocycles. The number of hydrogen-bond acceptors (Lipinski definition) is 6. The SMILES string of the molecule is CCCCCCCOc1ccc(/C=C(\C#N)C(=O)OCC)cc1[N+](=O)[O-]. The van der Waals surface area contributed by atoms with Gasteiger partial charge in [-0.25, -0.2) is 4.79 Å². The maximum atomic E-state index is 11.6. The van der Waals surface area contributed by atoms with Gasteiger partial charge in [-0.2, -0.15) is 5.26 Å². The molecule has 0 bridgehead atoms. The van der Waals surface area contributed by atoms with E-state index in [4.69, 9.17) is 14.7 Å². The van der Waals surface area contributed by atoms with Crippen molar-refractivity contribution >= 4 is 17.7 Å². The first-order valence-corrected chi connectivity index (χ1v) is 8.73. The monoisotopic (exact) mass is 360 g/mol. The molecule has 0 aromatic heterocycles. The highest BCUT2D eigenvalue weighted by molar-refractivity contribution is 5.98. The van der Waals surface area contributed by atoms with E-state index >= 15 is 0 Å². The van der Waals surface area contributed by atoms with Crippen molar-refractivity contribution in [2.45, 2.75) is 46.0 Å². The summed E-state index contributed by atoms with van der Waals surface area (Å²) >= 11 is 0. The molecule has 26 heavy (non-hydrogen) atoms. The van der Waals surface area contributed by atoms with E-state index in [1.807, 2.05) is 0 Å². The number of carbonyl (C=O) groups excluding carboxylic acids is 1. The average Bonchev–Trinajstić information content (AvgIpc) is 2.63. The van der Waals surface area contributed by atoms with Crippen LogP contribution >= 0.6 is 0 Å². The second kappa shape index (κ2) is 11.6. The smallest absolute Gasteiger partial charge is 0.348 e. The summed E-state index contributed by atoms with van der Waals surface area (Å²) in [6.45, 7) is 4.32. The summed E-state index contributed by atoms with van der Waals surface area (Å²) in [5.41, 5.74) is -0.0594. The first-order valence-electron chi connectivity index (χ1n) is 8.73.